The van der Waals surface area contributed by atoms with Gasteiger partial charge in [0.1, 0.15) is 11.9 Å². The Morgan fingerprint density at radius 1 is 1.28 bits per heavy atom. The Kier molecular flexibility index (Phi) is 2.70. The molecule has 0 aliphatic carbocycles. The Labute approximate surface area is 106 Å². The van der Waals surface area contributed by atoms with Gasteiger partial charge in [-0.3, -0.25) is 4.98 Å². The van der Waals surface area contributed by atoms with Crippen LogP contribution in [0, 0.1) is 0 Å². The second-order valence-corrected chi connectivity index (χ2v) is 6.74. The molecule has 1 atom stereocenters. The SMILES string of the molecule is O=S1(=O)CCC(Oc2cnc3ccccc3c2)C1. The maximum Gasteiger partial charge on any atom is 0.154 e. The van der Waals surface area contributed by atoms with Gasteiger partial charge in [0, 0.05) is 5.39 Å². The van der Waals surface area contributed by atoms with Crippen molar-refractivity contribution < 1.29 is 13.2 Å². The van der Waals surface area contributed by atoms with Gasteiger partial charge in [-0.2, -0.15) is 0 Å². The summed E-state index contributed by atoms with van der Waals surface area (Å²) in [7, 11) is -2.90. The molecule has 5 heteroatoms. The first-order valence-electron chi connectivity index (χ1n) is 5.84. The number of nitrogens with zero attached hydrogens (tertiary/aromatic N) is 1. The van der Waals surface area contributed by atoms with Crippen molar-refractivity contribution in [3.8, 4) is 5.75 Å². The number of rotatable bonds is 2. The van der Waals surface area contributed by atoms with Gasteiger partial charge in [0.15, 0.2) is 9.84 Å². The molecule has 0 amide bonds. The summed E-state index contributed by atoms with van der Waals surface area (Å²) >= 11 is 0. The van der Waals surface area contributed by atoms with Gasteiger partial charge in [0.2, 0.25) is 0 Å². The van der Waals surface area contributed by atoms with Crippen molar-refractivity contribution in [3.63, 3.8) is 0 Å². The summed E-state index contributed by atoms with van der Waals surface area (Å²) in [5.74, 6) is 0.967. The smallest absolute Gasteiger partial charge is 0.154 e. The molecule has 1 unspecified atom stereocenters. The summed E-state index contributed by atoms with van der Waals surface area (Å²) in [5, 5.41) is 0.996. The van der Waals surface area contributed by atoms with Crippen molar-refractivity contribution in [1.82, 2.24) is 4.98 Å². The molecule has 1 fully saturated rings. The second kappa shape index (κ2) is 4.24. The topological polar surface area (TPSA) is 56.3 Å². The second-order valence-electron chi connectivity index (χ2n) is 4.51. The van der Waals surface area contributed by atoms with Gasteiger partial charge < -0.3 is 4.74 Å². The molecule has 94 valence electrons. The van der Waals surface area contributed by atoms with E-state index in [4.69, 9.17) is 4.74 Å². The van der Waals surface area contributed by atoms with E-state index in [-0.39, 0.29) is 17.6 Å². The third-order valence-corrected chi connectivity index (χ3v) is 4.80. The molecule has 2 aromatic rings. The maximum atomic E-state index is 11.3. The van der Waals surface area contributed by atoms with Gasteiger partial charge in [-0.25, -0.2) is 8.42 Å². The normalized spacial score (nSPS) is 22.1. The Hall–Kier alpha value is -1.62. The van der Waals surface area contributed by atoms with Crippen molar-refractivity contribution in [1.29, 1.82) is 0 Å². The molecule has 18 heavy (non-hydrogen) atoms. The average Bonchev–Trinajstić information content (AvgIpc) is 2.68. The number of sulfone groups is 1. The van der Waals surface area contributed by atoms with Crippen molar-refractivity contribution in [3.05, 3.63) is 36.5 Å². The predicted octanol–water partition coefficient (Wildman–Crippen LogP) is 1.80. The highest BCUT2D eigenvalue weighted by Gasteiger charge is 2.29. The first-order valence-corrected chi connectivity index (χ1v) is 7.66. The predicted molar refractivity (Wildman–Crippen MR) is 69.4 cm³/mol. The van der Waals surface area contributed by atoms with Gasteiger partial charge in [-0.05, 0) is 18.6 Å². The van der Waals surface area contributed by atoms with E-state index in [9.17, 15) is 8.42 Å². The Morgan fingerprint density at radius 3 is 2.89 bits per heavy atom. The number of para-hydroxylation sites is 1. The first kappa shape index (κ1) is 11.5. The highest BCUT2D eigenvalue weighted by molar-refractivity contribution is 7.91. The van der Waals surface area contributed by atoms with E-state index in [0.29, 0.717) is 12.2 Å². The number of benzene rings is 1. The molecule has 4 nitrogen and oxygen atoms in total. The van der Waals surface area contributed by atoms with Crippen LogP contribution in [0.1, 0.15) is 6.42 Å². The zero-order valence-electron chi connectivity index (χ0n) is 9.74. The lowest BCUT2D eigenvalue weighted by Gasteiger charge is -2.11. The Morgan fingerprint density at radius 2 is 2.11 bits per heavy atom. The van der Waals surface area contributed by atoms with Crippen LogP contribution < -0.4 is 4.74 Å². The van der Waals surface area contributed by atoms with Crippen molar-refractivity contribution in [2.45, 2.75) is 12.5 Å². The standard InChI is InChI=1S/C13H13NO3S/c15-18(16)6-5-11(9-18)17-12-7-10-3-1-2-4-13(10)14-8-12/h1-4,7-8,11H,5-6,9H2. The molecule has 0 radical (unpaired) electrons. The molecule has 0 spiro atoms. The lowest BCUT2D eigenvalue weighted by atomic mass is 10.2. The maximum absolute atomic E-state index is 11.3. The van der Waals surface area contributed by atoms with Crippen LogP contribution in [-0.4, -0.2) is 31.0 Å². The van der Waals surface area contributed by atoms with Gasteiger partial charge >= 0.3 is 0 Å². The molecule has 3 rings (SSSR count). The number of hydrogen-bond acceptors (Lipinski definition) is 4. The molecule has 0 saturated carbocycles. The third-order valence-electron chi connectivity index (χ3n) is 3.06. The molecule has 1 aromatic heterocycles. The van der Waals surface area contributed by atoms with Crippen LogP contribution >= 0.6 is 0 Å². The summed E-state index contributed by atoms with van der Waals surface area (Å²) in [6.45, 7) is 0. The van der Waals surface area contributed by atoms with Gasteiger partial charge in [-0.15, -0.1) is 0 Å². The van der Waals surface area contributed by atoms with Crippen LogP contribution in [0.5, 0.6) is 5.75 Å². The number of aromatic nitrogens is 1. The Balaban J connectivity index is 1.83. The van der Waals surface area contributed by atoms with Gasteiger partial charge in [0.25, 0.3) is 0 Å². The summed E-state index contributed by atoms with van der Waals surface area (Å²) in [6.07, 6.45) is 1.97. The van der Waals surface area contributed by atoms with Crippen LogP contribution in [0.15, 0.2) is 36.5 Å². The monoisotopic (exact) mass is 263 g/mol. The minimum atomic E-state index is -2.90. The van der Waals surface area contributed by atoms with Gasteiger partial charge in [0.05, 0.1) is 23.2 Å². The zero-order valence-corrected chi connectivity index (χ0v) is 10.6. The van der Waals surface area contributed by atoms with E-state index >= 15 is 0 Å². The number of pyridine rings is 1. The molecule has 0 N–H and O–H groups in total. The van der Waals surface area contributed by atoms with Crippen LogP contribution in [-0.2, 0) is 9.84 Å². The molecule has 1 saturated heterocycles. The fraction of sp³-hybridized carbons (Fsp3) is 0.308. The highest BCUT2D eigenvalue weighted by atomic mass is 32.2. The minimum absolute atomic E-state index is 0.111. The van der Waals surface area contributed by atoms with E-state index < -0.39 is 9.84 Å². The van der Waals surface area contributed by atoms with E-state index in [2.05, 4.69) is 4.98 Å². The summed E-state index contributed by atoms with van der Waals surface area (Å²) < 4.78 is 28.4. The van der Waals surface area contributed by atoms with E-state index in [0.717, 1.165) is 10.9 Å². The lowest BCUT2D eigenvalue weighted by Crippen LogP contribution is -2.17. The number of ether oxygens (including phenoxy) is 1. The third kappa shape index (κ3) is 2.31. The minimum Gasteiger partial charge on any atom is -0.488 e. The van der Waals surface area contributed by atoms with Crippen molar-refractivity contribution >= 4 is 20.7 Å². The summed E-state index contributed by atoms with van der Waals surface area (Å²) in [4.78, 5) is 4.29. The molecule has 1 aromatic carbocycles. The number of fused-ring (bicyclic) bond motifs is 1. The van der Waals surface area contributed by atoms with Crippen LogP contribution in [0.3, 0.4) is 0 Å². The van der Waals surface area contributed by atoms with Crippen LogP contribution in [0.25, 0.3) is 10.9 Å². The quantitative estimate of drug-likeness (QED) is 0.829. The lowest BCUT2D eigenvalue weighted by molar-refractivity contribution is 0.228. The largest absolute Gasteiger partial charge is 0.488 e. The number of hydrogen-bond donors (Lipinski definition) is 0. The average molecular weight is 263 g/mol. The fourth-order valence-corrected chi connectivity index (χ4v) is 3.75. The molecule has 2 heterocycles. The first-order chi connectivity index (χ1) is 8.62. The van der Waals surface area contributed by atoms with E-state index in [1.54, 1.807) is 6.20 Å². The highest BCUT2D eigenvalue weighted by Crippen LogP contribution is 2.22. The molecule has 0 bridgehead atoms. The molecular formula is C13H13NO3S. The summed E-state index contributed by atoms with van der Waals surface area (Å²) in [5.41, 5.74) is 0.906. The van der Waals surface area contributed by atoms with Crippen molar-refractivity contribution in [2.75, 3.05) is 11.5 Å². The van der Waals surface area contributed by atoms with E-state index in [1.165, 1.54) is 0 Å². The summed E-state index contributed by atoms with van der Waals surface area (Å²) in [6, 6.07) is 9.65. The van der Waals surface area contributed by atoms with Crippen LogP contribution in [0.4, 0.5) is 0 Å². The van der Waals surface area contributed by atoms with Crippen molar-refractivity contribution in [2.24, 2.45) is 0 Å². The molecular weight excluding hydrogens is 250 g/mol. The van der Waals surface area contributed by atoms with Gasteiger partial charge in [-0.1, -0.05) is 18.2 Å². The van der Waals surface area contributed by atoms with Crippen LogP contribution in [0.2, 0.25) is 0 Å². The fourth-order valence-electron chi connectivity index (χ4n) is 2.16. The molecule has 1 aliphatic heterocycles. The van der Waals surface area contributed by atoms with E-state index in [1.807, 2.05) is 30.3 Å². The molecule has 1 aliphatic rings. The zero-order chi connectivity index (χ0) is 12.6. The Bertz CT molecular complexity index is 681.